The molecule has 0 saturated heterocycles. The van der Waals surface area contributed by atoms with E-state index >= 15 is 0 Å². The second-order valence-electron chi connectivity index (χ2n) is 4.94. The smallest absolute Gasteiger partial charge is 0.160 e. The predicted octanol–water partition coefficient (Wildman–Crippen LogP) is 2.01. The molecule has 4 nitrogen and oxygen atoms in total. The first-order valence-electron chi connectivity index (χ1n) is 6.36. The lowest BCUT2D eigenvalue weighted by Crippen LogP contribution is -2.31. The fourth-order valence-electron chi connectivity index (χ4n) is 2.68. The Kier molecular flexibility index (Phi) is 2.81. The van der Waals surface area contributed by atoms with Crippen molar-refractivity contribution in [3.63, 3.8) is 0 Å². The molecule has 2 unspecified atom stereocenters. The van der Waals surface area contributed by atoms with E-state index < -0.39 is 0 Å². The van der Waals surface area contributed by atoms with Gasteiger partial charge in [-0.1, -0.05) is 19.4 Å². The summed E-state index contributed by atoms with van der Waals surface area (Å²) in [5.41, 5.74) is 0.920. The monoisotopic (exact) mass is 230 g/mol. The molecule has 17 heavy (non-hydrogen) atoms. The fourth-order valence-corrected chi connectivity index (χ4v) is 2.68. The molecule has 90 valence electrons. The van der Waals surface area contributed by atoms with Crippen LogP contribution in [-0.4, -0.2) is 20.6 Å². The molecule has 2 heterocycles. The molecule has 0 aliphatic heterocycles. The summed E-state index contributed by atoms with van der Waals surface area (Å²) in [6.45, 7) is 3.13. The molecule has 1 N–H and O–H groups in total. The van der Waals surface area contributed by atoms with Gasteiger partial charge in [0.1, 0.15) is 0 Å². The highest BCUT2D eigenvalue weighted by Gasteiger charge is 2.22. The maximum Gasteiger partial charge on any atom is 0.160 e. The van der Waals surface area contributed by atoms with Crippen molar-refractivity contribution in [2.24, 2.45) is 5.92 Å². The summed E-state index contributed by atoms with van der Waals surface area (Å²) in [5, 5.41) is 12.0. The highest BCUT2D eigenvalue weighted by atomic mass is 15.3. The van der Waals surface area contributed by atoms with Crippen molar-refractivity contribution in [2.45, 2.75) is 38.8 Å². The standard InChI is InChI=1S/C13H18N4/c1-10-5-4-6-11(10)14-9-13-16-15-12-7-2-3-8-17(12)13/h2-3,7-8,10-11,14H,4-6,9H2,1H3. The van der Waals surface area contributed by atoms with Gasteiger partial charge in [-0.25, -0.2) is 0 Å². The number of pyridine rings is 1. The van der Waals surface area contributed by atoms with E-state index in [4.69, 9.17) is 0 Å². The van der Waals surface area contributed by atoms with Crippen molar-refractivity contribution in [1.29, 1.82) is 0 Å². The average Bonchev–Trinajstić information content (AvgIpc) is 2.93. The van der Waals surface area contributed by atoms with Crippen LogP contribution in [0, 0.1) is 5.92 Å². The molecule has 1 aliphatic carbocycles. The van der Waals surface area contributed by atoms with Gasteiger partial charge >= 0.3 is 0 Å². The Balaban J connectivity index is 1.72. The minimum atomic E-state index is 0.645. The van der Waals surface area contributed by atoms with Crippen LogP contribution in [0.4, 0.5) is 0 Å². The van der Waals surface area contributed by atoms with Gasteiger partial charge < -0.3 is 5.32 Å². The molecule has 1 fully saturated rings. The summed E-state index contributed by atoms with van der Waals surface area (Å²) >= 11 is 0. The molecule has 0 aromatic carbocycles. The van der Waals surface area contributed by atoms with Crippen molar-refractivity contribution < 1.29 is 0 Å². The Bertz CT molecular complexity index is 505. The summed E-state index contributed by atoms with van der Waals surface area (Å²) in [4.78, 5) is 0. The number of hydrogen-bond acceptors (Lipinski definition) is 3. The third-order valence-corrected chi connectivity index (χ3v) is 3.77. The largest absolute Gasteiger partial charge is 0.307 e. The summed E-state index contributed by atoms with van der Waals surface area (Å²) in [6, 6.07) is 6.62. The van der Waals surface area contributed by atoms with Gasteiger partial charge in [-0.3, -0.25) is 4.40 Å². The Morgan fingerprint density at radius 1 is 1.35 bits per heavy atom. The van der Waals surface area contributed by atoms with E-state index in [0.717, 1.165) is 23.9 Å². The molecule has 4 heteroatoms. The van der Waals surface area contributed by atoms with E-state index in [1.807, 2.05) is 28.8 Å². The summed E-state index contributed by atoms with van der Waals surface area (Å²) in [7, 11) is 0. The number of fused-ring (bicyclic) bond motifs is 1. The lowest BCUT2D eigenvalue weighted by molar-refractivity contribution is 0.420. The van der Waals surface area contributed by atoms with E-state index in [2.05, 4.69) is 22.4 Å². The van der Waals surface area contributed by atoms with Gasteiger partial charge in [-0.2, -0.15) is 0 Å². The molecule has 3 rings (SSSR count). The third kappa shape index (κ3) is 2.05. The van der Waals surface area contributed by atoms with Gasteiger partial charge in [-0.05, 0) is 30.9 Å². The lowest BCUT2D eigenvalue weighted by Gasteiger charge is -2.16. The van der Waals surface area contributed by atoms with E-state index in [9.17, 15) is 0 Å². The number of aromatic nitrogens is 3. The Morgan fingerprint density at radius 3 is 3.12 bits per heavy atom. The zero-order valence-corrected chi connectivity index (χ0v) is 10.1. The van der Waals surface area contributed by atoms with Crippen molar-refractivity contribution in [3.05, 3.63) is 30.2 Å². The summed E-state index contributed by atoms with van der Waals surface area (Å²) in [5.74, 6) is 1.79. The predicted molar refractivity (Wildman–Crippen MR) is 66.6 cm³/mol. The molecular weight excluding hydrogens is 212 g/mol. The first kappa shape index (κ1) is 10.7. The van der Waals surface area contributed by atoms with Gasteiger partial charge in [0.15, 0.2) is 11.5 Å². The van der Waals surface area contributed by atoms with Crippen LogP contribution in [0.5, 0.6) is 0 Å². The second-order valence-corrected chi connectivity index (χ2v) is 4.94. The molecular formula is C13H18N4. The number of nitrogens with zero attached hydrogens (tertiary/aromatic N) is 3. The highest BCUT2D eigenvalue weighted by Crippen LogP contribution is 2.24. The van der Waals surface area contributed by atoms with Gasteiger partial charge in [0.2, 0.25) is 0 Å². The van der Waals surface area contributed by atoms with E-state index in [0.29, 0.717) is 6.04 Å². The minimum Gasteiger partial charge on any atom is -0.307 e. The van der Waals surface area contributed by atoms with Crippen molar-refractivity contribution in [1.82, 2.24) is 19.9 Å². The first-order chi connectivity index (χ1) is 8.34. The zero-order valence-electron chi connectivity index (χ0n) is 10.1. The molecule has 2 aromatic heterocycles. The Morgan fingerprint density at radius 2 is 2.29 bits per heavy atom. The zero-order chi connectivity index (χ0) is 11.7. The number of nitrogens with one attached hydrogen (secondary N) is 1. The summed E-state index contributed by atoms with van der Waals surface area (Å²) in [6.07, 6.45) is 6.00. The Labute approximate surface area is 101 Å². The van der Waals surface area contributed by atoms with Crippen LogP contribution in [0.15, 0.2) is 24.4 Å². The molecule has 2 atom stereocenters. The van der Waals surface area contributed by atoms with Crippen molar-refractivity contribution in [3.8, 4) is 0 Å². The molecule has 0 bridgehead atoms. The topological polar surface area (TPSA) is 42.2 Å². The quantitative estimate of drug-likeness (QED) is 0.877. The molecule has 0 radical (unpaired) electrons. The van der Waals surface area contributed by atoms with Crippen molar-refractivity contribution >= 4 is 5.65 Å². The van der Waals surface area contributed by atoms with E-state index in [-0.39, 0.29) is 0 Å². The lowest BCUT2D eigenvalue weighted by atomic mass is 10.1. The first-order valence-corrected chi connectivity index (χ1v) is 6.36. The van der Waals surface area contributed by atoms with Gasteiger partial charge in [0.05, 0.1) is 6.54 Å². The third-order valence-electron chi connectivity index (χ3n) is 3.77. The second kappa shape index (κ2) is 4.45. The Hall–Kier alpha value is -1.42. The number of hydrogen-bond donors (Lipinski definition) is 1. The van der Waals surface area contributed by atoms with Crippen LogP contribution in [0.3, 0.4) is 0 Å². The van der Waals surface area contributed by atoms with Crippen LogP contribution in [0.25, 0.3) is 5.65 Å². The van der Waals surface area contributed by atoms with Crippen LogP contribution in [0.2, 0.25) is 0 Å². The maximum absolute atomic E-state index is 4.23. The molecule has 0 amide bonds. The highest BCUT2D eigenvalue weighted by molar-refractivity contribution is 5.36. The number of rotatable bonds is 3. The van der Waals surface area contributed by atoms with Gasteiger partial charge in [0.25, 0.3) is 0 Å². The van der Waals surface area contributed by atoms with Gasteiger partial charge in [-0.15, -0.1) is 10.2 Å². The fraction of sp³-hybridized carbons (Fsp3) is 0.538. The van der Waals surface area contributed by atoms with E-state index in [1.54, 1.807) is 0 Å². The molecule has 1 aliphatic rings. The van der Waals surface area contributed by atoms with E-state index in [1.165, 1.54) is 19.3 Å². The molecule has 1 saturated carbocycles. The van der Waals surface area contributed by atoms with Crippen LogP contribution < -0.4 is 5.32 Å². The molecule has 0 spiro atoms. The minimum absolute atomic E-state index is 0.645. The summed E-state index contributed by atoms with van der Waals surface area (Å²) < 4.78 is 2.05. The van der Waals surface area contributed by atoms with Crippen LogP contribution in [-0.2, 0) is 6.54 Å². The van der Waals surface area contributed by atoms with Crippen LogP contribution in [0.1, 0.15) is 32.0 Å². The normalized spacial score (nSPS) is 24.5. The SMILES string of the molecule is CC1CCCC1NCc1nnc2ccccn12. The molecule has 2 aromatic rings. The maximum atomic E-state index is 4.23. The van der Waals surface area contributed by atoms with Crippen LogP contribution >= 0.6 is 0 Å². The van der Waals surface area contributed by atoms with Crippen molar-refractivity contribution in [2.75, 3.05) is 0 Å². The van der Waals surface area contributed by atoms with Gasteiger partial charge in [0, 0.05) is 12.2 Å². The average molecular weight is 230 g/mol.